The van der Waals surface area contributed by atoms with Crippen LogP contribution in [0.4, 0.5) is 0 Å². The zero-order valence-corrected chi connectivity index (χ0v) is 8.66. The van der Waals surface area contributed by atoms with Crippen LogP contribution in [0.1, 0.15) is 29.7 Å². The third-order valence-electron chi connectivity index (χ3n) is 0.222. The molecule has 0 unspecified atom stereocenters. The zero-order valence-electron chi connectivity index (χ0n) is 8.66. The largest absolute Gasteiger partial charge is 0.0776 e. The van der Waals surface area contributed by atoms with E-state index in [1.807, 2.05) is 0 Å². The van der Waals surface area contributed by atoms with E-state index in [1.54, 1.807) is 0 Å². The minimum atomic E-state index is -0.667. The minimum Gasteiger partial charge on any atom is -0.0776 e. The SMILES string of the molecule is C.C.C.C.[B].[B]B([B])[B].[B][B].[B][B]B([B])[B].[B][B][B]. The van der Waals surface area contributed by atoms with Crippen LogP contribution in [0.2, 0.25) is 0 Å². The summed E-state index contributed by atoms with van der Waals surface area (Å²) in [6.07, 6.45) is -1.13. The van der Waals surface area contributed by atoms with E-state index in [9.17, 15) is 0 Å². The van der Waals surface area contributed by atoms with E-state index < -0.39 is 12.8 Å². The first-order valence-corrected chi connectivity index (χ1v) is 3.33. The Bertz CT molecular complexity index is 55.4. The van der Waals surface area contributed by atoms with Crippen molar-refractivity contribution in [1.29, 1.82) is 0 Å². The average Bonchev–Trinajstić information content (AvgIpc) is 2.08. The fourth-order valence-corrected chi connectivity index (χ4v) is 0. The molecular formula is C4H16B15. The number of hydrogen-bond donors (Lipinski definition) is 0. The molecule has 0 rings (SSSR count). The van der Waals surface area contributed by atoms with E-state index in [0.717, 1.165) is 7.06 Å². The molecular weight excluding hydrogens is 210 g/mol. The molecule has 15 heteroatoms. The maximum absolute atomic E-state index is 4.89. The van der Waals surface area contributed by atoms with E-state index in [4.69, 9.17) is 23.2 Å². The first-order chi connectivity index (χ1) is 6.42. The second kappa shape index (κ2) is 76.1. The van der Waals surface area contributed by atoms with Crippen LogP contribution in [0.25, 0.3) is 0 Å². The Morgan fingerprint density at radius 1 is 0.632 bits per heavy atom. The molecule has 0 fully saturated rings. The molecule has 0 aromatic carbocycles. The van der Waals surface area contributed by atoms with Crippen LogP contribution in [-0.4, -0.2) is 113 Å². The summed E-state index contributed by atoms with van der Waals surface area (Å²) in [5, 5.41) is 0. The molecule has 0 aromatic heterocycles. The predicted molar refractivity (Wildman–Crippen MR) is 113 cm³/mol. The molecule has 0 aromatic rings. The molecule has 0 saturated carbocycles. The summed E-state index contributed by atoms with van der Waals surface area (Å²) in [6, 6.07) is 0. The lowest BCUT2D eigenvalue weighted by atomic mass is 8.97. The molecule has 0 atom stereocenters. The summed E-state index contributed by atoms with van der Waals surface area (Å²) < 4.78 is 0. The van der Waals surface area contributed by atoms with Gasteiger partial charge in [0.15, 0.2) is 0 Å². The molecule has 0 spiro atoms. The Balaban J connectivity index is -0.00000000956. The van der Waals surface area contributed by atoms with Gasteiger partial charge in [0.25, 0.3) is 0 Å². The van der Waals surface area contributed by atoms with Gasteiger partial charge in [0.2, 0.25) is 0 Å². The van der Waals surface area contributed by atoms with Crippen molar-refractivity contribution >= 4 is 113 Å². The minimum absolute atomic E-state index is 0. The smallest absolute Gasteiger partial charge is 0 e. The highest BCUT2D eigenvalue weighted by molar-refractivity contribution is 7.60. The van der Waals surface area contributed by atoms with Gasteiger partial charge in [0, 0.05) is 113 Å². The molecule has 0 bridgehead atoms. The summed E-state index contributed by atoms with van der Waals surface area (Å²) in [7, 11) is 47.8. The van der Waals surface area contributed by atoms with E-state index in [-0.39, 0.29) is 38.1 Å². The van der Waals surface area contributed by atoms with Gasteiger partial charge in [-0.25, -0.2) is 0 Å². The predicted octanol–water partition coefficient (Wildman–Crippen LogP) is -3.17. The molecule has 0 heterocycles. The average molecular weight is 226 g/mol. The lowest BCUT2D eigenvalue weighted by Crippen LogP contribution is -2.23. The highest BCUT2D eigenvalue weighted by Crippen LogP contribution is 1.47. The van der Waals surface area contributed by atoms with Crippen LogP contribution >= 0.6 is 0 Å². The first-order valence-electron chi connectivity index (χ1n) is 3.33. The van der Waals surface area contributed by atoms with E-state index in [1.165, 1.54) is 7.06 Å². The molecule has 0 N–H and O–H groups in total. The van der Waals surface area contributed by atoms with Gasteiger partial charge in [-0.3, -0.25) is 0 Å². The summed E-state index contributed by atoms with van der Waals surface area (Å²) in [4.78, 5) is 0. The molecule has 77 valence electrons. The Morgan fingerprint density at radius 3 is 0.684 bits per heavy atom. The van der Waals surface area contributed by atoms with Gasteiger partial charge in [-0.05, 0) is 0 Å². The van der Waals surface area contributed by atoms with E-state index >= 15 is 0 Å². The molecule has 0 aliphatic heterocycles. The van der Waals surface area contributed by atoms with Crippen molar-refractivity contribution in [3.8, 4) is 0 Å². The van der Waals surface area contributed by atoms with Gasteiger partial charge in [-0.1, -0.05) is 29.7 Å². The second-order valence-electron chi connectivity index (χ2n) is 1.54. The maximum Gasteiger partial charge on any atom is 0 e. The lowest BCUT2D eigenvalue weighted by Gasteiger charge is -1.85. The van der Waals surface area contributed by atoms with Crippen LogP contribution in [-0.2, 0) is 0 Å². The Hall–Kier alpha value is 0.974. The normalized spacial score (nSPS) is 3.79. The monoisotopic (exact) mass is 229 g/mol. The molecule has 0 nitrogen and oxygen atoms in total. The third kappa shape index (κ3) is 618. The molecule has 25 radical (unpaired) electrons. The van der Waals surface area contributed by atoms with Gasteiger partial charge in [-0.15, -0.1) is 0 Å². The summed E-state index contributed by atoms with van der Waals surface area (Å²) in [5.74, 6) is 0. The van der Waals surface area contributed by atoms with Gasteiger partial charge in [0.1, 0.15) is 0 Å². The van der Waals surface area contributed by atoms with Crippen molar-refractivity contribution in [2.45, 2.75) is 29.7 Å². The van der Waals surface area contributed by atoms with Crippen molar-refractivity contribution in [2.24, 2.45) is 0 Å². The maximum atomic E-state index is 4.89. The molecule has 19 heavy (non-hydrogen) atoms. The van der Waals surface area contributed by atoms with Gasteiger partial charge in [0.05, 0.1) is 0 Å². The third-order valence-corrected chi connectivity index (χ3v) is 0.222. The fraction of sp³-hybridized carbons (Fsp3) is 1.00. The Labute approximate surface area is 142 Å². The van der Waals surface area contributed by atoms with Gasteiger partial charge in [-0.2, -0.15) is 0 Å². The van der Waals surface area contributed by atoms with Crippen molar-refractivity contribution in [3.63, 3.8) is 0 Å². The van der Waals surface area contributed by atoms with Gasteiger partial charge < -0.3 is 0 Å². The van der Waals surface area contributed by atoms with Crippen LogP contribution in [0.3, 0.4) is 0 Å². The summed E-state index contributed by atoms with van der Waals surface area (Å²) in [6.45, 7) is 0. The first kappa shape index (κ1) is 59.7. The number of hydrogen-bond acceptors (Lipinski definition) is 0. The highest BCUT2D eigenvalue weighted by Gasteiger charge is 1.85. The topological polar surface area (TPSA) is 0 Å². The molecule has 0 amide bonds. The highest BCUT2D eigenvalue weighted by atomic mass is 12.7. The van der Waals surface area contributed by atoms with Gasteiger partial charge >= 0.3 is 0 Å². The van der Waals surface area contributed by atoms with Crippen molar-refractivity contribution < 1.29 is 0 Å². The van der Waals surface area contributed by atoms with Crippen molar-refractivity contribution in [3.05, 3.63) is 0 Å². The molecule has 0 aliphatic rings. The molecule has 0 saturated heterocycles. The quantitative estimate of drug-likeness (QED) is 0.414. The summed E-state index contributed by atoms with van der Waals surface area (Å²) in [5.41, 5.74) is 0. The van der Waals surface area contributed by atoms with E-state index in [0.29, 0.717) is 0 Å². The van der Waals surface area contributed by atoms with Crippen molar-refractivity contribution in [2.75, 3.05) is 0 Å². The second-order valence-corrected chi connectivity index (χ2v) is 1.54. The lowest BCUT2D eigenvalue weighted by molar-refractivity contribution is 2.50. The zero-order chi connectivity index (χ0) is 12.6. The van der Waals surface area contributed by atoms with Crippen LogP contribution in [0, 0.1) is 0 Å². The fourth-order valence-electron chi connectivity index (χ4n) is 0. The summed E-state index contributed by atoms with van der Waals surface area (Å²) >= 11 is 0. The standard InChI is InChI=1S/4CH4.B5.B4.B3.B2.B/c;;;;1-4-5(2)3;1-4(2)3;1-3-2;1-2;/h4*1H4;;;;;. The Morgan fingerprint density at radius 2 is 0.684 bits per heavy atom. The van der Waals surface area contributed by atoms with Crippen LogP contribution in [0.5, 0.6) is 0 Å². The van der Waals surface area contributed by atoms with E-state index in [2.05, 4.69) is 54.2 Å². The van der Waals surface area contributed by atoms with Crippen LogP contribution in [0.15, 0.2) is 0 Å². The molecule has 0 aliphatic carbocycles. The van der Waals surface area contributed by atoms with Crippen molar-refractivity contribution in [1.82, 2.24) is 0 Å². The van der Waals surface area contributed by atoms with Crippen LogP contribution < -0.4 is 0 Å². The Kier molecular flexibility index (Phi) is 239. The number of rotatable bonds is 1.